The van der Waals surface area contributed by atoms with Gasteiger partial charge in [-0.2, -0.15) is 0 Å². The summed E-state index contributed by atoms with van der Waals surface area (Å²) in [5, 5.41) is 4.48. The van der Waals surface area contributed by atoms with Crippen LogP contribution in [0.15, 0.2) is 42.5 Å². The molecule has 0 saturated carbocycles. The van der Waals surface area contributed by atoms with Gasteiger partial charge in [0.2, 0.25) is 0 Å². The van der Waals surface area contributed by atoms with Gasteiger partial charge in [0.25, 0.3) is 0 Å². The fourth-order valence-electron chi connectivity index (χ4n) is 1.56. The smallest absolute Gasteiger partial charge is 0.0441 e. The van der Waals surface area contributed by atoms with E-state index >= 15 is 0 Å². The molecule has 2 rings (SSSR count). The summed E-state index contributed by atoms with van der Waals surface area (Å²) in [6.45, 7) is 0.682. The lowest BCUT2D eigenvalue weighted by molar-refractivity contribution is 1.15. The van der Waals surface area contributed by atoms with Gasteiger partial charge in [-0.25, -0.2) is 0 Å². The molecule has 0 aliphatic heterocycles. The van der Waals surface area contributed by atoms with Gasteiger partial charge < -0.3 is 11.1 Å². The first-order valence-electron chi connectivity index (χ1n) is 5.18. The van der Waals surface area contributed by atoms with Gasteiger partial charge in [-0.05, 0) is 35.9 Å². The normalized spacial score (nSPS) is 10.2. The van der Waals surface area contributed by atoms with E-state index in [0.29, 0.717) is 16.6 Å². The van der Waals surface area contributed by atoms with Crippen LogP contribution in [0.3, 0.4) is 0 Å². The standard InChI is InChI=1S/C13H12Cl2N2/c14-10-5-11(15)7-13(6-10)17-8-9-2-1-3-12(16)4-9/h1-7,17H,8,16H2. The molecular weight excluding hydrogens is 255 g/mol. The van der Waals surface area contributed by atoms with E-state index in [1.807, 2.05) is 36.4 Å². The first-order chi connectivity index (χ1) is 8.13. The van der Waals surface area contributed by atoms with Crippen LogP contribution < -0.4 is 11.1 Å². The molecule has 0 aliphatic carbocycles. The molecule has 2 aromatic rings. The van der Waals surface area contributed by atoms with Gasteiger partial charge in [0.1, 0.15) is 0 Å². The summed E-state index contributed by atoms with van der Waals surface area (Å²) in [7, 11) is 0. The number of benzene rings is 2. The Hall–Kier alpha value is -1.38. The molecule has 0 amide bonds. The molecule has 0 radical (unpaired) electrons. The maximum atomic E-state index is 5.91. The lowest BCUT2D eigenvalue weighted by Gasteiger charge is -2.08. The predicted octanol–water partition coefficient (Wildman–Crippen LogP) is 4.19. The first-order valence-corrected chi connectivity index (χ1v) is 5.93. The van der Waals surface area contributed by atoms with Gasteiger partial charge in [-0.15, -0.1) is 0 Å². The van der Waals surface area contributed by atoms with Crippen LogP contribution in [-0.2, 0) is 6.54 Å². The first kappa shape index (κ1) is 12.1. The van der Waals surface area contributed by atoms with Crippen molar-refractivity contribution in [3.05, 3.63) is 58.1 Å². The van der Waals surface area contributed by atoms with Crippen molar-refractivity contribution in [1.29, 1.82) is 0 Å². The maximum Gasteiger partial charge on any atom is 0.0441 e. The summed E-state index contributed by atoms with van der Waals surface area (Å²) in [4.78, 5) is 0. The average molecular weight is 267 g/mol. The second kappa shape index (κ2) is 5.30. The molecule has 17 heavy (non-hydrogen) atoms. The van der Waals surface area contributed by atoms with Crippen molar-refractivity contribution in [2.24, 2.45) is 0 Å². The Balaban J connectivity index is 2.07. The summed E-state index contributed by atoms with van der Waals surface area (Å²) in [6, 6.07) is 13.1. The monoisotopic (exact) mass is 266 g/mol. The molecule has 2 nitrogen and oxygen atoms in total. The number of nitrogen functional groups attached to an aromatic ring is 1. The predicted molar refractivity (Wildman–Crippen MR) is 74.6 cm³/mol. The number of hydrogen-bond donors (Lipinski definition) is 2. The van der Waals surface area contributed by atoms with E-state index < -0.39 is 0 Å². The molecule has 0 atom stereocenters. The topological polar surface area (TPSA) is 38.0 Å². The summed E-state index contributed by atoms with van der Waals surface area (Å²) < 4.78 is 0. The maximum absolute atomic E-state index is 5.91. The molecular formula is C13H12Cl2N2. The Kier molecular flexibility index (Phi) is 3.77. The van der Waals surface area contributed by atoms with E-state index in [4.69, 9.17) is 28.9 Å². The zero-order chi connectivity index (χ0) is 12.3. The second-order valence-corrected chi connectivity index (χ2v) is 4.63. The number of rotatable bonds is 3. The van der Waals surface area contributed by atoms with Gasteiger partial charge in [-0.1, -0.05) is 35.3 Å². The highest BCUT2D eigenvalue weighted by Gasteiger charge is 1.98. The number of hydrogen-bond acceptors (Lipinski definition) is 2. The van der Waals surface area contributed by atoms with Crippen molar-refractivity contribution in [2.45, 2.75) is 6.54 Å². The molecule has 0 fully saturated rings. The summed E-state index contributed by atoms with van der Waals surface area (Å²) >= 11 is 11.8. The van der Waals surface area contributed by atoms with Gasteiger partial charge in [0, 0.05) is 28.0 Å². The summed E-state index contributed by atoms with van der Waals surface area (Å²) in [5.41, 5.74) is 8.47. The second-order valence-electron chi connectivity index (χ2n) is 3.76. The van der Waals surface area contributed by atoms with E-state index in [1.165, 1.54) is 0 Å². The van der Waals surface area contributed by atoms with E-state index in [1.54, 1.807) is 6.07 Å². The van der Waals surface area contributed by atoms with E-state index in [2.05, 4.69) is 5.32 Å². The molecule has 0 unspecified atom stereocenters. The van der Waals surface area contributed by atoms with Crippen molar-refractivity contribution >= 4 is 34.6 Å². The number of halogens is 2. The Morgan fingerprint density at radius 2 is 1.71 bits per heavy atom. The highest BCUT2D eigenvalue weighted by atomic mass is 35.5. The van der Waals surface area contributed by atoms with Crippen LogP contribution in [0.25, 0.3) is 0 Å². The molecule has 0 bridgehead atoms. The fraction of sp³-hybridized carbons (Fsp3) is 0.0769. The molecule has 2 aromatic carbocycles. The molecule has 0 saturated heterocycles. The van der Waals surface area contributed by atoms with Crippen molar-refractivity contribution in [3.63, 3.8) is 0 Å². The van der Waals surface area contributed by atoms with Gasteiger partial charge >= 0.3 is 0 Å². The molecule has 4 heteroatoms. The van der Waals surface area contributed by atoms with Gasteiger partial charge in [-0.3, -0.25) is 0 Å². The van der Waals surface area contributed by atoms with Gasteiger partial charge in [0.05, 0.1) is 0 Å². The van der Waals surface area contributed by atoms with Crippen LogP contribution >= 0.6 is 23.2 Å². The molecule has 3 N–H and O–H groups in total. The number of anilines is 2. The van der Waals surface area contributed by atoms with Crippen LogP contribution in [0, 0.1) is 0 Å². The van der Waals surface area contributed by atoms with Crippen molar-refractivity contribution in [1.82, 2.24) is 0 Å². The number of nitrogens with one attached hydrogen (secondary N) is 1. The lowest BCUT2D eigenvalue weighted by atomic mass is 10.2. The highest BCUT2D eigenvalue weighted by Crippen LogP contribution is 2.23. The molecule has 88 valence electrons. The number of nitrogens with two attached hydrogens (primary N) is 1. The quantitative estimate of drug-likeness (QED) is 0.818. The average Bonchev–Trinajstić information content (AvgIpc) is 2.25. The Morgan fingerprint density at radius 3 is 2.35 bits per heavy atom. The van der Waals surface area contributed by atoms with E-state index in [9.17, 15) is 0 Å². The summed E-state index contributed by atoms with van der Waals surface area (Å²) in [5.74, 6) is 0. The summed E-state index contributed by atoms with van der Waals surface area (Å²) in [6.07, 6.45) is 0. The van der Waals surface area contributed by atoms with E-state index in [-0.39, 0.29) is 0 Å². The fourth-order valence-corrected chi connectivity index (χ4v) is 2.09. The molecule has 0 aromatic heterocycles. The zero-order valence-corrected chi connectivity index (χ0v) is 10.6. The Morgan fingerprint density at radius 1 is 1.00 bits per heavy atom. The SMILES string of the molecule is Nc1cccc(CNc2cc(Cl)cc(Cl)c2)c1. The highest BCUT2D eigenvalue weighted by molar-refractivity contribution is 6.35. The minimum Gasteiger partial charge on any atom is -0.399 e. The third kappa shape index (κ3) is 3.55. The van der Waals surface area contributed by atoms with Crippen molar-refractivity contribution in [2.75, 3.05) is 11.1 Å². The van der Waals surface area contributed by atoms with E-state index in [0.717, 1.165) is 16.9 Å². The minimum atomic E-state index is 0.618. The van der Waals surface area contributed by atoms with Crippen molar-refractivity contribution in [3.8, 4) is 0 Å². The van der Waals surface area contributed by atoms with Crippen LogP contribution in [0.5, 0.6) is 0 Å². The minimum absolute atomic E-state index is 0.618. The largest absolute Gasteiger partial charge is 0.399 e. The van der Waals surface area contributed by atoms with Crippen molar-refractivity contribution < 1.29 is 0 Å². The van der Waals surface area contributed by atoms with Crippen LogP contribution in [-0.4, -0.2) is 0 Å². The van der Waals surface area contributed by atoms with Crippen LogP contribution in [0.2, 0.25) is 10.0 Å². The Labute approximate surface area is 110 Å². The molecule has 0 aliphatic rings. The third-order valence-corrected chi connectivity index (χ3v) is 2.75. The molecule has 0 spiro atoms. The van der Waals surface area contributed by atoms with Crippen LogP contribution in [0.4, 0.5) is 11.4 Å². The molecule has 0 heterocycles. The third-order valence-electron chi connectivity index (χ3n) is 2.31. The van der Waals surface area contributed by atoms with Crippen LogP contribution in [0.1, 0.15) is 5.56 Å². The van der Waals surface area contributed by atoms with Gasteiger partial charge in [0.15, 0.2) is 0 Å². The zero-order valence-electron chi connectivity index (χ0n) is 9.08. The Bertz CT molecular complexity index is 506. The lowest BCUT2D eigenvalue weighted by Crippen LogP contribution is -2.00.